The van der Waals surface area contributed by atoms with Gasteiger partial charge in [0.25, 0.3) is 0 Å². The molecule has 2 fully saturated rings. The molecule has 5 N–H and O–H groups in total. The normalized spacial score (nSPS) is 34.6. The van der Waals surface area contributed by atoms with Crippen molar-refractivity contribution in [2.45, 2.75) is 52.8 Å². The van der Waals surface area contributed by atoms with Crippen LogP contribution in [-0.2, 0) is 31.6 Å². The van der Waals surface area contributed by atoms with Gasteiger partial charge in [0.05, 0.1) is 12.9 Å². The van der Waals surface area contributed by atoms with E-state index in [1.54, 1.807) is 11.8 Å². The van der Waals surface area contributed by atoms with Crippen molar-refractivity contribution >= 4 is 86.7 Å². The molecule has 2 aromatic heterocycles. The van der Waals surface area contributed by atoms with Crippen LogP contribution in [0, 0.1) is 0 Å². The number of ether oxygens (including phenoxy) is 1. The van der Waals surface area contributed by atoms with Crippen LogP contribution in [0.5, 0.6) is 0 Å². The van der Waals surface area contributed by atoms with Crippen LogP contribution in [0.15, 0.2) is 11.5 Å². The number of aliphatic hydroxyl groups excluding tert-OH is 2. The van der Waals surface area contributed by atoms with E-state index < -0.39 is 70.3 Å². The Morgan fingerprint density at radius 1 is 1.16 bits per heavy atom. The summed E-state index contributed by atoms with van der Waals surface area (Å²) in [5.74, 6) is -1.90. The molecule has 2 aliphatic rings. The number of phosphoric acid groups is 1. The van der Waals surface area contributed by atoms with Gasteiger partial charge in [-0.05, 0) is 13.2 Å². The fourth-order valence-electron chi connectivity index (χ4n) is 3.72. The highest BCUT2D eigenvalue weighted by Crippen LogP contribution is 2.90. The van der Waals surface area contributed by atoms with Crippen LogP contribution >= 0.6 is 69.7 Å². The summed E-state index contributed by atoms with van der Waals surface area (Å²) in [5, 5.41) is 24.6. The molecule has 2 aromatic rings. The summed E-state index contributed by atoms with van der Waals surface area (Å²) in [4.78, 5) is 32.7. The van der Waals surface area contributed by atoms with E-state index in [1.165, 1.54) is 10.9 Å². The maximum Gasteiger partial charge on any atom is 0.489 e. The van der Waals surface area contributed by atoms with E-state index in [2.05, 4.69) is 28.9 Å². The molecule has 0 amide bonds. The lowest BCUT2D eigenvalue weighted by molar-refractivity contribution is -0.0501. The van der Waals surface area contributed by atoms with Crippen LogP contribution in [0.3, 0.4) is 0 Å². The molecule has 2 aliphatic heterocycles. The first kappa shape index (κ1) is 35.7. The quantitative estimate of drug-likeness (QED) is 0.0679. The highest BCUT2D eigenvalue weighted by Gasteiger charge is 2.70. The van der Waals surface area contributed by atoms with Crippen molar-refractivity contribution in [1.82, 2.24) is 19.5 Å². The topological polar surface area (TPSA) is 225 Å². The first-order valence-corrected chi connectivity index (χ1v) is 19.8. The second-order valence-corrected chi connectivity index (χ2v) is 19.9. The van der Waals surface area contributed by atoms with Gasteiger partial charge in [0.15, 0.2) is 28.4 Å². The average molecular weight is 754 g/mol. The summed E-state index contributed by atoms with van der Waals surface area (Å²) in [6.45, 7) is 0.334. The zero-order valence-electron chi connectivity index (χ0n) is 22.0. The van der Waals surface area contributed by atoms with Gasteiger partial charge >= 0.3 is 26.8 Å². The summed E-state index contributed by atoms with van der Waals surface area (Å²) in [7, 11) is -16.2. The molecule has 0 aliphatic carbocycles. The predicted octanol–water partition coefficient (Wildman–Crippen LogP) is 3.99. The third-order valence-corrected chi connectivity index (χ3v) is 16.6. The van der Waals surface area contributed by atoms with Crippen LogP contribution in [0.25, 0.3) is 11.2 Å². The molecule has 6 atom stereocenters. The predicted molar refractivity (Wildman–Crippen MR) is 154 cm³/mol. The fourth-order valence-corrected chi connectivity index (χ4v) is 12.1. The SMILES string of the molecule is CSCCNc1nc(SCCC(C)(F)F)nc2c1ncn2[C@@H]1O[C@H](COP2(=O)OP(=O)(O)C(Cl)(Cl)P(=O)(O)O2)C(O)[C@@H]1O. The molecule has 0 aromatic carbocycles. The molecule has 4 heterocycles. The largest absolute Gasteiger partial charge is 0.489 e. The number of rotatable bonds is 12. The number of hydrogen-bond donors (Lipinski definition) is 5. The van der Waals surface area contributed by atoms with Gasteiger partial charge in [-0.25, -0.2) is 36.9 Å². The first-order valence-electron chi connectivity index (χ1n) is 12.0. The van der Waals surface area contributed by atoms with Gasteiger partial charge in [0, 0.05) is 24.5 Å². The summed E-state index contributed by atoms with van der Waals surface area (Å²) in [6, 6.07) is 0. The van der Waals surface area contributed by atoms with Gasteiger partial charge < -0.3 is 30.1 Å². The standard InChI is InChI=1S/C18H26Cl2F2N5O11P3S2/c1-17(21,22)3-5-43-16-25-13(23-4-6-42-2)10-14(26-16)27(8-24-10)15-12(29)11(28)9(36-15)7-35-41(34)37-39(30,31)18(19,20)40(32,33)38-41/h8-9,11-12,15,28-29H,3-7H2,1-2H3,(H,30,31)(H,32,33)(H,23,25,26)/t9-,11?,12+,15-/m1/s1. The van der Waals surface area contributed by atoms with Crippen molar-refractivity contribution in [2.75, 3.05) is 36.2 Å². The molecule has 4 rings (SSSR count). The minimum Gasteiger partial charge on any atom is -0.387 e. The van der Waals surface area contributed by atoms with Gasteiger partial charge in [0.1, 0.15) is 18.3 Å². The molecule has 16 nitrogen and oxygen atoms in total. The smallest absolute Gasteiger partial charge is 0.387 e. The number of aromatic nitrogens is 4. The highest BCUT2D eigenvalue weighted by atomic mass is 35.5. The molecule has 2 saturated heterocycles. The molecule has 25 heteroatoms. The second-order valence-electron chi connectivity index (χ2n) is 9.27. The van der Waals surface area contributed by atoms with Crippen LogP contribution in [-0.4, -0.2) is 98.5 Å². The molecule has 0 spiro atoms. The Morgan fingerprint density at radius 2 is 1.81 bits per heavy atom. The number of fused-ring (bicyclic) bond motifs is 1. The van der Waals surface area contributed by atoms with Gasteiger partial charge in [-0.15, -0.1) is 0 Å². The van der Waals surface area contributed by atoms with E-state index in [1.807, 2.05) is 6.26 Å². The number of alkyl halides is 4. The van der Waals surface area contributed by atoms with E-state index in [0.29, 0.717) is 12.3 Å². The maximum absolute atomic E-state index is 13.4. The second kappa shape index (κ2) is 13.2. The van der Waals surface area contributed by atoms with E-state index in [4.69, 9.17) is 32.5 Å². The Labute approximate surface area is 261 Å². The van der Waals surface area contributed by atoms with Crippen LogP contribution in [0.4, 0.5) is 14.6 Å². The zero-order valence-corrected chi connectivity index (χ0v) is 27.9. The Hall–Kier alpha value is -0.140. The van der Waals surface area contributed by atoms with Gasteiger partial charge in [-0.3, -0.25) is 18.2 Å². The monoisotopic (exact) mass is 753 g/mol. The van der Waals surface area contributed by atoms with E-state index in [0.717, 1.165) is 18.7 Å². The van der Waals surface area contributed by atoms with Crippen LogP contribution < -0.4 is 5.32 Å². The number of nitrogens with one attached hydrogen (secondary N) is 1. The van der Waals surface area contributed by atoms with Crippen molar-refractivity contribution in [3.8, 4) is 0 Å². The van der Waals surface area contributed by atoms with Crippen LogP contribution in [0.1, 0.15) is 19.6 Å². The number of nitrogens with zero attached hydrogens (tertiary/aromatic N) is 4. The summed E-state index contributed by atoms with van der Waals surface area (Å²) in [5.41, 5.74) is 0.354. The number of halogens is 4. The molecule has 3 unspecified atom stereocenters. The first-order chi connectivity index (χ1) is 19.8. The molecule has 0 radical (unpaired) electrons. The zero-order chi connectivity index (χ0) is 32.0. The molecule has 0 saturated carbocycles. The van der Waals surface area contributed by atoms with E-state index in [-0.39, 0.29) is 27.9 Å². The number of anilines is 1. The summed E-state index contributed by atoms with van der Waals surface area (Å²) < 4.78 is 81.1. The molecule has 43 heavy (non-hydrogen) atoms. The summed E-state index contributed by atoms with van der Waals surface area (Å²) in [6.07, 6.45) is -3.60. The van der Waals surface area contributed by atoms with E-state index in [9.17, 15) is 42.5 Å². The lowest BCUT2D eigenvalue weighted by Crippen LogP contribution is -2.34. The van der Waals surface area contributed by atoms with Gasteiger partial charge in [0.2, 0.25) is 5.92 Å². The third-order valence-electron chi connectivity index (χ3n) is 5.88. The highest BCUT2D eigenvalue weighted by molar-refractivity contribution is 7.99. The third kappa shape index (κ3) is 7.71. The number of imidazole rings is 1. The Balaban J connectivity index is 1.56. The minimum absolute atomic E-state index is 0.00558. The Kier molecular flexibility index (Phi) is 10.9. The number of aliphatic hydroxyl groups is 2. The van der Waals surface area contributed by atoms with Crippen LogP contribution in [0.2, 0.25) is 0 Å². The average Bonchev–Trinajstić information content (AvgIpc) is 3.41. The number of hydrogen-bond acceptors (Lipinski definition) is 15. The van der Waals surface area contributed by atoms with E-state index >= 15 is 0 Å². The van der Waals surface area contributed by atoms with Gasteiger partial charge in [-0.1, -0.05) is 35.0 Å². The van der Waals surface area contributed by atoms with Crippen molar-refractivity contribution in [1.29, 1.82) is 0 Å². The molecular formula is C18H26Cl2F2N5O11P3S2. The van der Waals surface area contributed by atoms with Crippen molar-refractivity contribution in [2.24, 2.45) is 0 Å². The van der Waals surface area contributed by atoms with Crippen molar-refractivity contribution < 1.29 is 60.4 Å². The fraction of sp³-hybridized carbons (Fsp3) is 0.722. The lowest BCUT2D eigenvalue weighted by atomic mass is 10.1. The number of thioether (sulfide) groups is 2. The lowest BCUT2D eigenvalue weighted by Gasteiger charge is -2.35. The minimum atomic E-state index is -5.46. The molecular weight excluding hydrogens is 728 g/mol. The van der Waals surface area contributed by atoms with Gasteiger partial charge in [-0.2, -0.15) is 11.8 Å². The Morgan fingerprint density at radius 3 is 2.42 bits per heavy atom. The molecule has 0 bridgehead atoms. The van der Waals surface area contributed by atoms with Crippen molar-refractivity contribution in [3.05, 3.63) is 6.33 Å². The van der Waals surface area contributed by atoms with Crippen molar-refractivity contribution in [3.63, 3.8) is 0 Å². The maximum atomic E-state index is 13.4. The molecule has 244 valence electrons. The Bertz CT molecular complexity index is 1460. The summed E-state index contributed by atoms with van der Waals surface area (Å²) >= 11 is 13.4.